The van der Waals surface area contributed by atoms with Gasteiger partial charge < -0.3 is 10.1 Å². The van der Waals surface area contributed by atoms with E-state index in [0.717, 1.165) is 17.0 Å². The lowest BCUT2D eigenvalue weighted by Crippen LogP contribution is -2.50. The van der Waals surface area contributed by atoms with Gasteiger partial charge in [0, 0.05) is 18.3 Å². The molecule has 0 unspecified atom stereocenters. The Balaban J connectivity index is 2.79. The molecule has 106 valence electrons. The topological polar surface area (TPSA) is 73.2 Å². The van der Waals surface area contributed by atoms with Crippen LogP contribution in [-0.2, 0) is 27.8 Å². The Labute approximate surface area is 113 Å². The molecule has 1 heterocycles. The van der Waals surface area contributed by atoms with Gasteiger partial charge in [-0.2, -0.15) is 5.10 Å². The first-order valence-corrected chi connectivity index (χ1v) is 6.07. The first-order chi connectivity index (χ1) is 8.69. The van der Waals surface area contributed by atoms with Crippen LogP contribution in [0.5, 0.6) is 0 Å². The van der Waals surface area contributed by atoms with Crippen molar-refractivity contribution in [2.75, 3.05) is 7.11 Å². The molecule has 0 saturated carbocycles. The second kappa shape index (κ2) is 5.42. The number of aromatic nitrogens is 2. The van der Waals surface area contributed by atoms with Crippen LogP contribution in [0, 0.1) is 13.8 Å². The number of carbonyl (C=O) groups excluding carboxylic acids is 2. The Kier molecular flexibility index (Phi) is 4.34. The monoisotopic (exact) mass is 267 g/mol. The van der Waals surface area contributed by atoms with E-state index < -0.39 is 11.5 Å². The van der Waals surface area contributed by atoms with Crippen molar-refractivity contribution in [2.24, 2.45) is 7.05 Å². The molecule has 1 amide bonds. The maximum Gasteiger partial charge on any atom is 0.330 e. The van der Waals surface area contributed by atoms with Crippen molar-refractivity contribution in [3.05, 3.63) is 17.0 Å². The van der Waals surface area contributed by atoms with E-state index in [1.165, 1.54) is 7.11 Å². The van der Waals surface area contributed by atoms with E-state index in [4.69, 9.17) is 0 Å². The van der Waals surface area contributed by atoms with E-state index in [9.17, 15) is 9.59 Å². The summed E-state index contributed by atoms with van der Waals surface area (Å²) in [6, 6.07) is 0. The third-order valence-corrected chi connectivity index (χ3v) is 3.14. The fraction of sp³-hybridized carbons (Fsp3) is 0.615. The molecule has 0 atom stereocenters. The van der Waals surface area contributed by atoms with Gasteiger partial charge in [-0.15, -0.1) is 0 Å². The zero-order valence-corrected chi connectivity index (χ0v) is 12.3. The molecule has 0 aliphatic heterocycles. The van der Waals surface area contributed by atoms with Crippen LogP contribution in [-0.4, -0.2) is 34.3 Å². The highest BCUT2D eigenvalue weighted by Crippen LogP contribution is 2.13. The van der Waals surface area contributed by atoms with Crippen LogP contribution in [0.2, 0.25) is 0 Å². The molecule has 6 heteroatoms. The molecular weight excluding hydrogens is 246 g/mol. The Morgan fingerprint density at radius 1 is 1.37 bits per heavy atom. The maximum atomic E-state index is 12.0. The number of nitrogens with zero attached hydrogens (tertiary/aromatic N) is 2. The average Bonchev–Trinajstić information content (AvgIpc) is 2.54. The van der Waals surface area contributed by atoms with Crippen LogP contribution in [0.4, 0.5) is 0 Å². The van der Waals surface area contributed by atoms with E-state index in [-0.39, 0.29) is 12.3 Å². The van der Waals surface area contributed by atoms with Gasteiger partial charge in [0.05, 0.1) is 19.2 Å². The smallest absolute Gasteiger partial charge is 0.330 e. The molecule has 0 aromatic carbocycles. The third kappa shape index (κ3) is 3.33. The Hall–Kier alpha value is -1.85. The molecule has 6 nitrogen and oxygen atoms in total. The maximum absolute atomic E-state index is 12.0. The number of methoxy groups -OCH3 is 1. The minimum Gasteiger partial charge on any atom is -0.467 e. The summed E-state index contributed by atoms with van der Waals surface area (Å²) < 4.78 is 6.39. The van der Waals surface area contributed by atoms with Crippen LogP contribution >= 0.6 is 0 Å². The number of aryl methyl sites for hydroxylation is 2. The molecule has 0 spiro atoms. The van der Waals surface area contributed by atoms with Gasteiger partial charge in [-0.1, -0.05) is 0 Å². The van der Waals surface area contributed by atoms with Crippen LogP contribution < -0.4 is 5.32 Å². The van der Waals surface area contributed by atoms with Crippen molar-refractivity contribution in [3.8, 4) is 0 Å². The lowest BCUT2D eigenvalue weighted by Gasteiger charge is -2.23. The number of hydrogen-bond acceptors (Lipinski definition) is 4. The van der Waals surface area contributed by atoms with Gasteiger partial charge in [0.25, 0.3) is 0 Å². The van der Waals surface area contributed by atoms with Crippen molar-refractivity contribution in [1.29, 1.82) is 0 Å². The van der Waals surface area contributed by atoms with E-state index in [0.29, 0.717) is 0 Å². The molecule has 19 heavy (non-hydrogen) atoms. The molecule has 0 bridgehead atoms. The largest absolute Gasteiger partial charge is 0.467 e. The fourth-order valence-electron chi connectivity index (χ4n) is 1.93. The molecule has 1 N–H and O–H groups in total. The second-order valence-electron chi connectivity index (χ2n) is 5.11. The van der Waals surface area contributed by atoms with E-state index >= 15 is 0 Å². The van der Waals surface area contributed by atoms with Crippen molar-refractivity contribution < 1.29 is 14.3 Å². The second-order valence-corrected chi connectivity index (χ2v) is 5.11. The SMILES string of the molecule is COC(=O)C(C)(C)NC(=O)Cc1c(C)nn(C)c1C. The highest BCUT2D eigenvalue weighted by molar-refractivity contribution is 5.88. The van der Waals surface area contributed by atoms with Crippen molar-refractivity contribution in [3.63, 3.8) is 0 Å². The molecule has 0 fully saturated rings. The summed E-state index contributed by atoms with van der Waals surface area (Å²) in [6.07, 6.45) is 0.200. The number of ether oxygens (including phenoxy) is 1. The van der Waals surface area contributed by atoms with E-state index in [1.807, 2.05) is 20.9 Å². The molecule has 0 saturated heterocycles. The zero-order chi connectivity index (χ0) is 14.8. The predicted octanol–water partition coefficient (Wildman–Crippen LogP) is 0.647. The van der Waals surface area contributed by atoms with Gasteiger partial charge in [-0.05, 0) is 27.7 Å². The number of rotatable bonds is 4. The molecule has 0 aliphatic rings. The minimum absolute atomic E-state index is 0.200. The summed E-state index contributed by atoms with van der Waals surface area (Å²) in [7, 11) is 3.13. The number of hydrogen-bond donors (Lipinski definition) is 1. The molecule has 0 aliphatic carbocycles. The zero-order valence-electron chi connectivity index (χ0n) is 12.3. The Morgan fingerprint density at radius 2 is 1.95 bits per heavy atom. The lowest BCUT2D eigenvalue weighted by molar-refractivity contribution is -0.149. The van der Waals surface area contributed by atoms with Crippen LogP contribution in [0.1, 0.15) is 30.8 Å². The average molecular weight is 267 g/mol. The van der Waals surface area contributed by atoms with E-state index in [2.05, 4.69) is 15.2 Å². The van der Waals surface area contributed by atoms with Gasteiger partial charge in [-0.25, -0.2) is 4.79 Å². The molecular formula is C13H21N3O3. The van der Waals surface area contributed by atoms with Crippen LogP contribution in [0.15, 0.2) is 0 Å². The van der Waals surface area contributed by atoms with Crippen molar-refractivity contribution in [1.82, 2.24) is 15.1 Å². The summed E-state index contributed by atoms with van der Waals surface area (Å²) in [5, 5.41) is 6.93. The van der Waals surface area contributed by atoms with Crippen molar-refractivity contribution >= 4 is 11.9 Å². The van der Waals surface area contributed by atoms with Gasteiger partial charge in [0.15, 0.2) is 0 Å². The summed E-state index contributed by atoms with van der Waals surface area (Å²) in [6.45, 7) is 6.99. The molecule has 1 aromatic heterocycles. The van der Waals surface area contributed by atoms with Gasteiger partial charge >= 0.3 is 5.97 Å². The number of nitrogens with one attached hydrogen (secondary N) is 1. The summed E-state index contributed by atoms with van der Waals surface area (Å²) in [5.74, 6) is -0.699. The number of esters is 1. The quantitative estimate of drug-likeness (QED) is 0.813. The highest BCUT2D eigenvalue weighted by atomic mass is 16.5. The summed E-state index contributed by atoms with van der Waals surface area (Å²) in [4.78, 5) is 23.5. The first-order valence-electron chi connectivity index (χ1n) is 6.07. The predicted molar refractivity (Wildman–Crippen MR) is 70.6 cm³/mol. The van der Waals surface area contributed by atoms with Crippen LogP contribution in [0.3, 0.4) is 0 Å². The van der Waals surface area contributed by atoms with Crippen LogP contribution in [0.25, 0.3) is 0 Å². The first kappa shape index (κ1) is 15.2. The molecule has 1 rings (SSSR count). The number of carbonyl (C=O) groups is 2. The van der Waals surface area contributed by atoms with Gasteiger partial charge in [-0.3, -0.25) is 9.48 Å². The third-order valence-electron chi connectivity index (χ3n) is 3.14. The molecule has 1 aromatic rings. The minimum atomic E-state index is -1.03. The fourth-order valence-corrected chi connectivity index (χ4v) is 1.93. The Bertz CT molecular complexity index is 503. The number of amides is 1. The highest BCUT2D eigenvalue weighted by Gasteiger charge is 2.30. The Morgan fingerprint density at radius 3 is 2.37 bits per heavy atom. The van der Waals surface area contributed by atoms with Crippen molar-refractivity contribution in [2.45, 2.75) is 39.7 Å². The normalized spacial score (nSPS) is 11.3. The summed E-state index contributed by atoms with van der Waals surface area (Å²) >= 11 is 0. The lowest BCUT2D eigenvalue weighted by atomic mass is 10.0. The van der Waals surface area contributed by atoms with E-state index in [1.54, 1.807) is 18.5 Å². The molecule has 0 radical (unpaired) electrons. The van der Waals surface area contributed by atoms with Gasteiger partial charge in [0.1, 0.15) is 5.54 Å². The summed E-state index contributed by atoms with van der Waals surface area (Å²) in [5.41, 5.74) is 1.63. The standard InChI is InChI=1S/C13H21N3O3/c1-8-10(9(2)16(5)15-8)7-11(17)14-13(3,4)12(18)19-6/h7H2,1-6H3,(H,14,17). The van der Waals surface area contributed by atoms with Gasteiger partial charge in [0.2, 0.25) is 5.91 Å².